The molecule has 0 bridgehead atoms. The number of carbonyl (C=O) groups is 1. The zero-order valence-electron chi connectivity index (χ0n) is 15.7. The van der Waals surface area contributed by atoms with E-state index in [1.165, 1.54) is 7.11 Å². The first-order valence-electron chi connectivity index (χ1n) is 8.53. The van der Waals surface area contributed by atoms with Crippen molar-refractivity contribution < 1.29 is 22.7 Å². The van der Waals surface area contributed by atoms with E-state index in [0.29, 0.717) is 11.8 Å². The highest BCUT2D eigenvalue weighted by Crippen LogP contribution is 2.34. The lowest BCUT2D eigenvalue weighted by atomic mass is 10.2. The average Bonchev–Trinajstić information content (AvgIpc) is 2.69. The molecule has 156 valence electrons. The van der Waals surface area contributed by atoms with Crippen molar-refractivity contribution in [2.45, 2.75) is 13.1 Å². The molecule has 1 N–H and O–H groups in total. The Morgan fingerprint density at radius 3 is 2.40 bits per heavy atom. The van der Waals surface area contributed by atoms with Crippen molar-refractivity contribution in [3.63, 3.8) is 0 Å². The van der Waals surface area contributed by atoms with E-state index < -0.39 is 23.2 Å². The maximum Gasteiger partial charge on any atom is 0.416 e. The molecule has 3 aromatic rings. The number of nitrogens with one attached hydrogen (secondary N) is 1. The van der Waals surface area contributed by atoms with Gasteiger partial charge in [0.2, 0.25) is 0 Å². The predicted molar refractivity (Wildman–Crippen MR) is 106 cm³/mol. The van der Waals surface area contributed by atoms with Crippen LogP contribution in [0.1, 0.15) is 21.6 Å². The summed E-state index contributed by atoms with van der Waals surface area (Å²) in [6, 6.07) is 10.4. The summed E-state index contributed by atoms with van der Waals surface area (Å²) in [5, 5.41) is 6.24. The number of halogens is 4. The molecule has 0 fully saturated rings. The summed E-state index contributed by atoms with van der Waals surface area (Å²) in [6.45, 7) is 1.87. The molecule has 0 unspecified atom stereocenters. The molecule has 1 aromatic heterocycles. The van der Waals surface area contributed by atoms with Crippen LogP contribution in [0.2, 0.25) is 5.02 Å². The Morgan fingerprint density at radius 1 is 1.13 bits per heavy atom. The summed E-state index contributed by atoms with van der Waals surface area (Å²) in [5.41, 5.74) is -0.729. The minimum atomic E-state index is -4.61. The van der Waals surface area contributed by atoms with E-state index >= 15 is 0 Å². The van der Waals surface area contributed by atoms with Gasteiger partial charge in [0.1, 0.15) is 0 Å². The molecule has 0 spiro atoms. The third-order valence-electron chi connectivity index (χ3n) is 4.15. The Balaban J connectivity index is 2.03. The minimum Gasteiger partial charge on any atom is -0.494 e. The number of amides is 1. The topological polar surface area (TPSA) is 73.2 Å². The number of rotatable bonds is 4. The molecule has 0 saturated heterocycles. The van der Waals surface area contributed by atoms with Crippen LogP contribution in [0.4, 0.5) is 18.9 Å². The molecule has 1 heterocycles. The lowest BCUT2D eigenvalue weighted by molar-refractivity contribution is -0.137. The molecule has 6 nitrogen and oxygen atoms in total. The molecule has 10 heteroatoms. The fourth-order valence-electron chi connectivity index (χ4n) is 2.60. The highest BCUT2D eigenvalue weighted by Gasteiger charge is 2.31. The van der Waals surface area contributed by atoms with Crippen molar-refractivity contribution in [2.75, 3.05) is 12.4 Å². The Hall–Kier alpha value is -3.33. The molecule has 1 amide bonds. The van der Waals surface area contributed by atoms with E-state index in [9.17, 15) is 22.8 Å². The quantitative estimate of drug-likeness (QED) is 0.653. The van der Waals surface area contributed by atoms with Gasteiger partial charge in [0.25, 0.3) is 11.5 Å². The van der Waals surface area contributed by atoms with Gasteiger partial charge >= 0.3 is 6.18 Å². The van der Waals surface area contributed by atoms with Crippen molar-refractivity contribution >= 4 is 23.2 Å². The van der Waals surface area contributed by atoms with Gasteiger partial charge in [0, 0.05) is 0 Å². The molecule has 0 aliphatic rings. The van der Waals surface area contributed by atoms with Gasteiger partial charge < -0.3 is 10.1 Å². The Labute approximate surface area is 173 Å². The fraction of sp³-hybridized carbons (Fsp3) is 0.150. The second-order valence-corrected chi connectivity index (χ2v) is 6.70. The summed E-state index contributed by atoms with van der Waals surface area (Å²) in [5.74, 6) is -1.03. The molecule has 0 aliphatic carbocycles. The number of benzene rings is 2. The lowest BCUT2D eigenvalue weighted by Gasteiger charge is -2.14. The summed E-state index contributed by atoms with van der Waals surface area (Å²) >= 11 is 5.93. The smallest absolute Gasteiger partial charge is 0.416 e. The van der Waals surface area contributed by atoms with Crippen LogP contribution in [0.5, 0.6) is 5.75 Å². The first-order chi connectivity index (χ1) is 14.1. The molecular weight excluding hydrogens is 423 g/mol. The van der Waals surface area contributed by atoms with Gasteiger partial charge in [-0.2, -0.15) is 23.0 Å². The zero-order valence-corrected chi connectivity index (χ0v) is 16.5. The first-order valence-corrected chi connectivity index (χ1v) is 8.91. The standard InChI is InChI=1S/C20H15ClF3N3O3/c1-11-3-6-13(7-4-11)27-17(28)10-16(30-2)18(26-27)19(29)25-15-9-12(20(22,23)24)5-8-14(15)21/h3-10H,1-2H3,(H,25,29). The van der Waals surface area contributed by atoms with Gasteiger partial charge in [0.15, 0.2) is 11.4 Å². The minimum absolute atomic E-state index is 0.0952. The molecule has 0 atom stereocenters. The van der Waals surface area contributed by atoms with Crippen molar-refractivity contribution in [1.82, 2.24) is 9.78 Å². The van der Waals surface area contributed by atoms with E-state index in [4.69, 9.17) is 16.3 Å². The summed E-state index contributed by atoms with van der Waals surface area (Å²) in [6.07, 6.45) is -4.61. The number of anilines is 1. The van der Waals surface area contributed by atoms with E-state index in [0.717, 1.165) is 28.4 Å². The van der Waals surface area contributed by atoms with Crippen molar-refractivity contribution in [3.8, 4) is 11.4 Å². The second kappa shape index (κ2) is 8.19. The van der Waals surface area contributed by atoms with Gasteiger partial charge in [-0.15, -0.1) is 0 Å². The highest BCUT2D eigenvalue weighted by molar-refractivity contribution is 6.34. The number of hydrogen-bond acceptors (Lipinski definition) is 4. The summed E-state index contributed by atoms with van der Waals surface area (Å²) in [7, 11) is 1.24. The van der Waals surface area contributed by atoms with Gasteiger partial charge in [-0.3, -0.25) is 9.59 Å². The molecule has 0 saturated carbocycles. The van der Waals surface area contributed by atoms with Crippen LogP contribution in [-0.2, 0) is 6.18 Å². The summed E-state index contributed by atoms with van der Waals surface area (Å²) in [4.78, 5) is 25.1. The van der Waals surface area contributed by atoms with E-state index in [1.807, 2.05) is 6.92 Å². The number of alkyl halides is 3. The van der Waals surface area contributed by atoms with Crippen LogP contribution in [0, 0.1) is 6.92 Å². The summed E-state index contributed by atoms with van der Waals surface area (Å²) < 4.78 is 44.9. The molecular formula is C20H15ClF3N3O3. The van der Waals surface area contributed by atoms with Crippen molar-refractivity contribution in [1.29, 1.82) is 0 Å². The lowest BCUT2D eigenvalue weighted by Crippen LogP contribution is -2.26. The van der Waals surface area contributed by atoms with Crippen molar-refractivity contribution in [3.05, 3.63) is 80.7 Å². The van der Waals surface area contributed by atoms with Crippen LogP contribution < -0.4 is 15.6 Å². The number of ether oxygens (including phenoxy) is 1. The first kappa shape index (κ1) is 21.4. The van der Waals surface area contributed by atoms with Crippen LogP contribution in [0.25, 0.3) is 5.69 Å². The van der Waals surface area contributed by atoms with E-state index in [2.05, 4.69) is 10.4 Å². The van der Waals surface area contributed by atoms with Gasteiger partial charge in [0.05, 0.1) is 35.1 Å². The third kappa shape index (κ3) is 4.46. The van der Waals surface area contributed by atoms with Gasteiger partial charge in [-0.25, -0.2) is 0 Å². The third-order valence-corrected chi connectivity index (χ3v) is 4.48. The predicted octanol–water partition coefficient (Wildman–Crippen LogP) is 4.47. The Kier molecular flexibility index (Phi) is 5.84. The number of nitrogens with zero attached hydrogens (tertiary/aromatic N) is 2. The molecule has 2 aromatic carbocycles. The Morgan fingerprint density at radius 2 is 1.80 bits per heavy atom. The number of carbonyl (C=O) groups excluding carboxylic acids is 1. The van der Waals surface area contributed by atoms with Crippen molar-refractivity contribution in [2.24, 2.45) is 0 Å². The normalized spacial score (nSPS) is 11.3. The monoisotopic (exact) mass is 437 g/mol. The van der Waals surface area contributed by atoms with E-state index in [1.54, 1.807) is 24.3 Å². The molecule has 0 aliphatic heterocycles. The Bertz CT molecular complexity index is 1160. The SMILES string of the molecule is COc1cc(=O)n(-c2ccc(C)cc2)nc1C(=O)Nc1cc(C(F)(F)F)ccc1Cl. The second-order valence-electron chi connectivity index (χ2n) is 6.29. The largest absolute Gasteiger partial charge is 0.494 e. The molecule has 0 radical (unpaired) electrons. The molecule has 30 heavy (non-hydrogen) atoms. The number of aromatic nitrogens is 2. The van der Waals surface area contributed by atoms with Crippen LogP contribution >= 0.6 is 11.6 Å². The van der Waals surface area contributed by atoms with E-state index in [-0.39, 0.29) is 22.2 Å². The number of hydrogen-bond donors (Lipinski definition) is 1. The maximum atomic E-state index is 13.0. The van der Waals surface area contributed by atoms with Crippen LogP contribution in [0.3, 0.4) is 0 Å². The number of aryl methyl sites for hydroxylation is 1. The van der Waals surface area contributed by atoms with Gasteiger partial charge in [-0.05, 0) is 37.3 Å². The number of methoxy groups -OCH3 is 1. The average molecular weight is 438 g/mol. The fourth-order valence-corrected chi connectivity index (χ4v) is 2.77. The van der Waals surface area contributed by atoms with Crippen LogP contribution in [-0.4, -0.2) is 22.8 Å². The zero-order chi connectivity index (χ0) is 22.1. The highest BCUT2D eigenvalue weighted by atomic mass is 35.5. The maximum absolute atomic E-state index is 13.0. The molecule has 3 rings (SSSR count). The van der Waals surface area contributed by atoms with Gasteiger partial charge in [-0.1, -0.05) is 29.3 Å². The van der Waals surface area contributed by atoms with Crippen LogP contribution in [0.15, 0.2) is 53.3 Å².